The highest BCUT2D eigenvalue weighted by Gasteiger charge is 2.23. The molecule has 0 heterocycles. The lowest BCUT2D eigenvalue weighted by Crippen LogP contribution is -2.23. The van der Waals surface area contributed by atoms with Crippen molar-refractivity contribution in [2.45, 2.75) is 45.1 Å². The Morgan fingerprint density at radius 3 is 2.47 bits per heavy atom. The molecule has 0 radical (unpaired) electrons. The summed E-state index contributed by atoms with van der Waals surface area (Å²) >= 11 is 3.63. The van der Waals surface area contributed by atoms with Crippen LogP contribution in [0.25, 0.3) is 0 Å². The number of benzene rings is 1. The third kappa shape index (κ3) is 3.70. The molecule has 0 saturated heterocycles. The van der Waals surface area contributed by atoms with E-state index in [-0.39, 0.29) is 18.4 Å². The van der Waals surface area contributed by atoms with E-state index < -0.39 is 0 Å². The van der Waals surface area contributed by atoms with Crippen LogP contribution in [0.5, 0.6) is 0 Å². The van der Waals surface area contributed by atoms with E-state index in [0.29, 0.717) is 5.92 Å². The second kappa shape index (κ2) is 6.77. The van der Waals surface area contributed by atoms with Gasteiger partial charge in [-0.1, -0.05) is 47.3 Å². The van der Waals surface area contributed by atoms with E-state index in [9.17, 15) is 0 Å². The molecule has 1 aliphatic carbocycles. The zero-order chi connectivity index (χ0) is 11.5. The van der Waals surface area contributed by atoms with Gasteiger partial charge in [0.2, 0.25) is 0 Å². The Morgan fingerprint density at radius 2 is 1.88 bits per heavy atom. The summed E-state index contributed by atoms with van der Waals surface area (Å²) in [4.78, 5) is 0. The van der Waals surface area contributed by atoms with Crippen LogP contribution in [0.1, 0.15) is 49.3 Å². The van der Waals surface area contributed by atoms with E-state index >= 15 is 0 Å². The molecule has 0 amide bonds. The Morgan fingerprint density at radius 1 is 1.24 bits per heavy atom. The summed E-state index contributed by atoms with van der Waals surface area (Å²) in [5.74, 6) is 0.674. The summed E-state index contributed by atoms with van der Waals surface area (Å²) in [5.41, 5.74) is 8.95. The van der Waals surface area contributed by atoms with Gasteiger partial charge < -0.3 is 5.73 Å². The Labute approximate surface area is 119 Å². The van der Waals surface area contributed by atoms with Crippen LogP contribution in [0.4, 0.5) is 0 Å². The molecule has 0 aliphatic heterocycles. The second-order valence-corrected chi connectivity index (χ2v) is 5.80. The number of aryl methyl sites for hydroxylation is 1. The molecule has 1 aliphatic rings. The van der Waals surface area contributed by atoms with E-state index in [4.69, 9.17) is 5.73 Å². The quantitative estimate of drug-likeness (QED) is 0.836. The fourth-order valence-electron chi connectivity index (χ4n) is 2.65. The van der Waals surface area contributed by atoms with Gasteiger partial charge in [0.15, 0.2) is 0 Å². The topological polar surface area (TPSA) is 26.0 Å². The van der Waals surface area contributed by atoms with Crippen molar-refractivity contribution >= 4 is 28.3 Å². The summed E-state index contributed by atoms with van der Waals surface area (Å²) in [5, 5.41) is 0. The minimum absolute atomic E-state index is 0. The Kier molecular flexibility index (Phi) is 5.98. The molecule has 1 atom stereocenters. The van der Waals surface area contributed by atoms with Gasteiger partial charge in [0.1, 0.15) is 0 Å². The predicted octanol–water partition coefficient (Wildman–Crippen LogP) is 4.76. The van der Waals surface area contributed by atoms with Crippen LogP contribution in [0.3, 0.4) is 0 Å². The average Bonchev–Trinajstić information content (AvgIpc) is 2.29. The summed E-state index contributed by atoms with van der Waals surface area (Å²) in [7, 11) is 0. The van der Waals surface area contributed by atoms with E-state index in [1.807, 2.05) is 0 Å². The van der Waals surface area contributed by atoms with Crippen LogP contribution in [0.15, 0.2) is 22.7 Å². The van der Waals surface area contributed by atoms with Gasteiger partial charge >= 0.3 is 0 Å². The van der Waals surface area contributed by atoms with Crippen molar-refractivity contribution in [1.29, 1.82) is 0 Å². The predicted molar refractivity (Wildman–Crippen MR) is 79.6 cm³/mol. The zero-order valence-electron chi connectivity index (χ0n) is 10.3. The molecule has 1 nitrogen and oxygen atoms in total. The highest BCUT2D eigenvalue weighted by Crippen LogP contribution is 2.35. The maximum Gasteiger partial charge on any atom is 0.0334 e. The van der Waals surface area contributed by atoms with E-state index in [2.05, 4.69) is 41.1 Å². The van der Waals surface area contributed by atoms with Gasteiger partial charge in [-0.2, -0.15) is 0 Å². The number of hydrogen-bond acceptors (Lipinski definition) is 1. The fourth-order valence-corrected chi connectivity index (χ4v) is 3.41. The van der Waals surface area contributed by atoms with Crippen molar-refractivity contribution in [3.63, 3.8) is 0 Å². The van der Waals surface area contributed by atoms with Crippen LogP contribution in [0, 0.1) is 12.8 Å². The summed E-state index contributed by atoms with van der Waals surface area (Å²) < 4.78 is 1.17. The minimum Gasteiger partial charge on any atom is -0.324 e. The third-order valence-electron chi connectivity index (χ3n) is 3.67. The molecular formula is C14H21BrClN. The molecule has 1 saturated carbocycles. The molecule has 96 valence electrons. The van der Waals surface area contributed by atoms with Crippen molar-refractivity contribution in [1.82, 2.24) is 0 Å². The molecule has 1 fully saturated rings. The number of nitrogens with two attached hydrogens (primary N) is 1. The van der Waals surface area contributed by atoms with E-state index in [1.54, 1.807) is 0 Å². The van der Waals surface area contributed by atoms with Crippen LogP contribution < -0.4 is 5.73 Å². The van der Waals surface area contributed by atoms with Crippen LogP contribution >= 0.6 is 28.3 Å². The molecule has 0 spiro atoms. The molecule has 0 aromatic heterocycles. The van der Waals surface area contributed by atoms with Gasteiger partial charge in [0, 0.05) is 10.5 Å². The van der Waals surface area contributed by atoms with Crippen LogP contribution in [-0.2, 0) is 0 Å². The van der Waals surface area contributed by atoms with Crippen molar-refractivity contribution in [3.05, 3.63) is 33.8 Å². The molecule has 2 rings (SSSR count). The monoisotopic (exact) mass is 317 g/mol. The molecule has 0 unspecified atom stereocenters. The number of halogens is 2. The normalized spacial score (nSPS) is 18.5. The molecule has 17 heavy (non-hydrogen) atoms. The lowest BCUT2D eigenvalue weighted by atomic mass is 9.81. The summed E-state index contributed by atoms with van der Waals surface area (Å²) in [6.07, 6.45) is 6.67. The SMILES string of the molecule is Cc1ccc([C@@H](N)C2CCCCC2)c(Br)c1.Cl. The molecule has 1 aromatic rings. The summed E-state index contributed by atoms with van der Waals surface area (Å²) in [6.45, 7) is 2.11. The van der Waals surface area contributed by atoms with Crippen molar-refractivity contribution in [2.24, 2.45) is 11.7 Å². The van der Waals surface area contributed by atoms with Crippen molar-refractivity contribution in [2.75, 3.05) is 0 Å². The van der Waals surface area contributed by atoms with Gasteiger partial charge in [-0.3, -0.25) is 0 Å². The first-order valence-electron chi connectivity index (χ1n) is 6.20. The average molecular weight is 319 g/mol. The molecular weight excluding hydrogens is 298 g/mol. The summed E-state index contributed by atoms with van der Waals surface area (Å²) in [6, 6.07) is 6.70. The minimum atomic E-state index is 0. The molecule has 3 heteroatoms. The fraction of sp³-hybridized carbons (Fsp3) is 0.571. The second-order valence-electron chi connectivity index (χ2n) is 4.95. The Bertz CT molecular complexity index is 361. The largest absolute Gasteiger partial charge is 0.324 e. The molecule has 0 bridgehead atoms. The van der Waals surface area contributed by atoms with Gasteiger partial charge in [-0.05, 0) is 42.9 Å². The first-order chi connectivity index (χ1) is 7.68. The van der Waals surface area contributed by atoms with Gasteiger partial charge in [-0.25, -0.2) is 0 Å². The van der Waals surface area contributed by atoms with Gasteiger partial charge in [0.25, 0.3) is 0 Å². The maximum absolute atomic E-state index is 6.39. The van der Waals surface area contributed by atoms with Crippen LogP contribution in [0.2, 0.25) is 0 Å². The maximum atomic E-state index is 6.39. The standard InChI is InChI=1S/C14H20BrN.ClH/c1-10-7-8-12(13(15)9-10)14(16)11-5-3-2-4-6-11;/h7-9,11,14H,2-6,16H2,1H3;1H/t14-;/m0./s1. The van der Waals surface area contributed by atoms with Crippen molar-refractivity contribution in [3.8, 4) is 0 Å². The van der Waals surface area contributed by atoms with E-state index in [1.165, 1.54) is 47.7 Å². The number of hydrogen-bond donors (Lipinski definition) is 1. The van der Waals surface area contributed by atoms with Gasteiger partial charge in [-0.15, -0.1) is 12.4 Å². The highest BCUT2D eigenvalue weighted by molar-refractivity contribution is 9.10. The Hall–Kier alpha value is -0.0500. The van der Waals surface area contributed by atoms with Crippen LogP contribution in [-0.4, -0.2) is 0 Å². The Balaban J connectivity index is 0.00000144. The molecule has 1 aromatic carbocycles. The number of rotatable bonds is 2. The first kappa shape index (κ1) is 15.0. The molecule has 2 N–H and O–H groups in total. The zero-order valence-corrected chi connectivity index (χ0v) is 12.7. The lowest BCUT2D eigenvalue weighted by Gasteiger charge is -2.28. The van der Waals surface area contributed by atoms with E-state index in [0.717, 1.165) is 0 Å². The highest BCUT2D eigenvalue weighted by atomic mass is 79.9. The lowest BCUT2D eigenvalue weighted by molar-refractivity contribution is 0.307. The first-order valence-corrected chi connectivity index (χ1v) is 6.99. The van der Waals surface area contributed by atoms with Gasteiger partial charge in [0.05, 0.1) is 0 Å². The third-order valence-corrected chi connectivity index (χ3v) is 4.36. The smallest absolute Gasteiger partial charge is 0.0334 e. The van der Waals surface area contributed by atoms with Crippen molar-refractivity contribution < 1.29 is 0 Å².